The van der Waals surface area contributed by atoms with Gasteiger partial charge < -0.3 is 9.84 Å². The second-order valence-corrected chi connectivity index (χ2v) is 6.43. The van der Waals surface area contributed by atoms with E-state index in [2.05, 4.69) is 33.8 Å². The Hall–Kier alpha value is 0.0600. The van der Waals surface area contributed by atoms with E-state index in [1.165, 1.54) is 14.2 Å². The third-order valence-electron chi connectivity index (χ3n) is 2.22. The van der Waals surface area contributed by atoms with Gasteiger partial charge in [0.15, 0.2) is 0 Å². The fourth-order valence-electron chi connectivity index (χ4n) is 1.54. The van der Waals surface area contributed by atoms with Crippen LogP contribution < -0.4 is 0 Å². The van der Waals surface area contributed by atoms with Gasteiger partial charge in [0.25, 0.3) is 0 Å². The monoisotopic (exact) mass is 307 g/mol. The average Bonchev–Trinajstić information content (AvgIpc) is 2.45. The van der Waals surface area contributed by atoms with Crippen molar-refractivity contribution in [2.24, 2.45) is 0 Å². The zero-order valence-electron chi connectivity index (χ0n) is 9.86. The molecule has 16 heavy (non-hydrogen) atoms. The number of likely N-dealkylation sites (N-methyl/N-ethyl adjacent to an activating group) is 1. The third kappa shape index (κ3) is 4.51. The summed E-state index contributed by atoms with van der Waals surface area (Å²) in [6.07, 6.45) is -0.417. The van der Waals surface area contributed by atoms with Crippen LogP contribution in [0.5, 0.6) is 0 Å². The van der Waals surface area contributed by atoms with Crippen LogP contribution in [0.1, 0.15) is 10.4 Å². The van der Waals surface area contributed by atoms with Gasteiger partial charge in [-0.15, -0.1) is 11.3 Å². The minimum absolute atomic E-state index is 0.386. The maximum atomic E-state index is 9.58. The first-order valence-corrected chi connectivity index (χ1v) is 6.74. The van der Waals surface area contributed by atoms with Gasteiger partial charge in [-0.05, 0) is 41.5 Å². The molecule has 0 aliphatic heterocycles. The van der Waals surface area contributed by atoms with Gasteiger partial charge >= 0.3 is 0 Å². The number of aliphatic hydroxyl groups excluding tert-OH is 1. The molecular weight excluding hydrogens is 290 g/mol. The van der Waals surface area contributed by atoms with E-state index in [1.807, 2.05) is 7.05 Å². The average molecular weight is 308 g/mol. The quantitative estimate of drug-likeness (QED) is 0.875. The molecular formula is C11H18BrNO2S. The highest BCUT2D eigenvalue weighted by atomic mass is 79.9. The van der Waals surface area contributed by atoms with E-state index < -0.39 is 6.10 Å². The molecule has 1 N–H and O–H groups in total. The molecule has 0 bridgehead atoms. The van der Waals surface area contributed by atoms with Crippen molar-refractivity contribution in [1.82, 2.24) is 4.90 Å². The summed E-state index contributed by atoms with van der Waals surface area (Å²) in [7, 11) is 3.60. The maximum absolute atomic E-state index is 9.58. The molecule has 1 atom stereocenters. The van der Waals surface area contributed by atoms with Gasteiger partial charge in [-0.2, -0.15) is 0 Å². The summed E-state index contributed by atoms with van der Waals surface area (Å²) < 4.78 is 6.08. The Bertz CT molecular complexity index is 310. The second kappa shape index (κ2) is 6.71. The Balaban J connectivity index is 2.42. The summed E-state index contributed by atoms with van der Waals surface area (Å²) in [6.45, 7) is 3.96. The number of ether oxygens (including phenoxy) is 1. The molecule has 92 valence electrons. The third-order valence-corrected chi connectivity index (χ3v) is 4.34. The summed E-state index contributed by atoms with van der Waals surface area (Å²) in [4.78, 5) is 3.40. The van der Waals surface area contributed by atoms with Crippen LogP contribution in [0.25, 0.3) is 0 Å². The fraction of sp³-hybridized carbons (Fsp3) is 0.636. The number of methoxy groups -OCH3 is 1. The van der Waals surface area contributed by atoms with Crippen molar-refractivity contribution in [2.75, 3.05) is 27.3 Å². The molecule has 1 heterocycles. The van der Waals surface area contributed by atoms with E-state index in [0.29, 0.717) is 13.2 Å². The Morgan fingerprint density at radius 2 is 2.31 bits per heavy atom. The Morgan fingerprint density at radius 3 is 2.81 bits per heavy atom. The van der Waals surface area contributed by atoms with Crippen molar-refractivity contribution in [1.29, 1.82) is 0 Å². The lowest BCUT2D eigenvalue weighted by molar-refractivity contribution is 0.0420. The van der Waals surface area contributed by atoms with Gasteiger partial charge in [0.05, 0.1) is 16.5 Å². The molecule has 1 aromatic rings. The Morgan fingerprint density at radius 1 is 1.62 bits per heavy atom. The predicted octanol–water partition coefficient (Wildman–Crippen LogP) is 2.26. The lowest BCUT2D eigenvalue weighted by atomic mass is 10.3. The van der Waals surface area contributed by atoms with Crippen molar-refractivity contribution < 1.29 is 9.84 Å². The Kier molecular flexibility index (Phi) is 5.92. The first kappa shape index (κ1) is 14.1. The first-order chi connectivity index (χ1) is 7.52. The highest BCUT2D eigenvalue weighted by Crippen LogP contribution is 2.27. The molecule has 0 amide bonds. The summed E-state index contributed by atoms with van der Waals surface area (Å²) in [6, 6.07) is 2.17. The Labute approximate surface area is 109 Å². The summed E-state index contributed by atoms with van der Waals surface area (Å²) >= 11 is 5.26. The maximum Gasteiger partial charge on any atom is 0.0900 e. The van der Waals surface area contributed by atoms with Crippen LogP contribution in [-0.2, 0) is 11.3 Å². The number of hydrogen-bond donors (Lipinski definition) is 1. The zero-order valence-corrected chi connectivity index (χ0v) is 12.3. The zero-order chi connectivity index (χ0) is 12.1. The molecule has 0 saturated carbocycles. The molecule has 0 aliphatic carbocycles. The number of aliphatic hydroxyl groups is 1. The summed E-state index contributed by atoms with van der Waals surface area (Å²) in [5, 5.41) is 9.58. The van der Waals surface area contributed by atoms with Gasteiger partial charge in [0.1, 0.15) is 0 Å². The molecule has 0 spiro atoms. The first-order valence-electron chi connectivity index (χ1n) is 5.13. The van der Waals surface area contributed by atoms with Gasteiger partial charge in [-0.25, -0.2) is 0 Å². The molecule has 5 heteroatoms. The highest BCUT2D eigenvalue weighted by molar-refractivity contribution is 9.11. The molecule has 1 aromatic heterocycles. The predicted molar refractivity (Wildman–Crippen MR) is 71.0 cm³/mol. The van der Waals surface area contributed by atoms with Crippen LogP contribution in [-0.4, -0.2) is 43.4 Å². The largest absolute Gasteiger partial charge is 0.389 e. The lowest BCUT2D eigenvalue weighted by Gasteiger charge is -2.19. The number of nitrogens with zero attached hydrogens (tertiary/aromatic N) is 1. The van der Waals surface area contributed by atoms with Gasteiger partial charge in [0, 0.05) is 25.1 Å². The van der Waals surface area contributed by atoms with E-state index in [1.54, 1.807) is 18.4 Å². The van der Waals surface area contributed by atoms with Crippen molar-refractivity contribution >= 4 is 27.3 Å². The van der Waals surface area contributed by atoms with E-state index in [0.717, 1.165) is 6.54 Å². The lowest BCUT2D eigenvalue weighted by Crippen LogP contribution is -2.31. The molecule has 0 saturated heterocycles. The minimum atomic E-state index is -0.417. The van der Waals surface area contributed by atoms with Gasteiger partial charge in [-0.3, -0.25) is 4.90 Å². The highest BCUT2D eigenvalue weighted by Gasteiger charge is 2.10. The molecule has 3 nitrogen and oxygen atoms in total. The normalized spacial score (nSPS) is 13.4. The van der Waals surface area contributed by atoms with Crippen LogP contribution in [0.15, 0.2) is 9.85 Å². The van der Waals surface area contributed by atoms with Crippen LogP contribution in [0.3, 0.4) is 0 Å². The van der Waals surface area contributed by atoms with Gasteiger partial charge in [0.2, 0.25) is 0 Å². The smallest absolute Gasteiger partial charge is 0.0900 e. The number of rotatable bonds is 6. The molecule has 1 rings (SSSR count). The van der Waals surface area contributed by atoms with Crippen LogP contribution >= 0.6 is 27.3 Å². The molecule has 0 aromatic carbocycles. The SMILES string of the molecule is COCC(O)CN(C)Cc1cc(C)c(Br)s1. The van der Waals surface area contributed by atoms with E-state index in [4.69, 9.17) is 4.74 Å². The van der Waals surface area contributed by atoms with Crippen LogP contribution in [0.4, 0.5) is 0 Å². The summed E-state index contributed by atoms with van der Waals surface area (Å²) in [5.41, 5.74) is 1.27. The topological polar surface area (TPSA) is 32.7 Å². The van der Waals surface area contributed by atoms with Gasteiger partial charge in [-0.1, -0.05) is 0 Å². The number of thiophene rings is 1. The van der Waals surface area contributed by atoms with Crippen LogP contribution in [0, 0.1) is 6.92 Å². The fourth-order valence-corrected chi connectivity index (χ4v) is 3.25. The number of aryl methyl sites for hydroxylation is 1. The van der Waals surface area contributed by atoms with Crippen molar-refractivity contribution in [3.8, 4) is 0 Å². The molecule has 0 radical (unpaired) electrons. The molecule has 0 fully saturated rings. The van der Waals surface area contributed by atoms with E-state index >= 15 is 0 Å². The van der Waals surface area contributed by atoms with Crippen molar-refractivity contribution in [3.63, 3.8) is 0 Å². The van der Waals surface area contributed by atoms with Crippen molar-refractivity contribution in [2.45, 2.75) is 19.6 Å². The minimum Gasteiger partial charge on any atom is -0.389 e. The van der Waals surface area contributed by atoms with Crippen molar-refractivity contribution in [3.05, 3.63) is 20.3 Å². The van der Waals surface area contributed by atoms with E-state index in [-0.39, 0.29) is 0 Å². The molecule has 1 unspecified atom stereocenters. The second-order valence-electron chi connectivity index (χ2n) is 3.98. The summed E-state index contributed by atoms with van der Waals surface area (Å²) in [5.74, 6) is 0. The number of halogens is 1. The van der Waals surface area contributed by atoms with E-state index in [9.17, 15) is 5.11 Å². The standard InChI is InChI=1S/C11H18BrNO2S/c1-8-4-10(16-11(8)12)6-13(2)5-9(14)7-15-3/h4,9,14H,5-7H2,1-3H3. The number of hydrogen-bond acceptors (Lipinski definition) is 4. The molecule has 0 aliphatic rings. The van der Waals surface area contributed by atoms with Crippen LogP contribution in [0.2, 0.25) is 0 Å².